The predicted molar refractivity (Wildman–Crippen MR) is 74.5 cm³/mol. The quantitative estimate of drug-likeness (QED) is 0.872. The normalized spacial score (nSPS) is 17.1. The molecule has 1 fully saturated rings. The van der Waals surface area contributed by atoms with Crippen LogP contribution in [0.3, 0.4) is 0 Å². The topological polar surface area (TPSA) is 37.3 Å². The van der Waals surface area contributed by atoms with Gasteiger partial charge in [-0.05, 0) is 53.8 Å². The Morgan fingerprint density at radius 3 is 2.62 bits per heavy atom. The first-order valence-electron chi connectivity index (χ1n) is 6.67. The van der Waals surface area contributed by atoms with E-state index in [9.17, 15) is 18.0 Å². The molecule has 112 valence electrons. The lowest BCUT2D eigenvalue weighted by Crippen LogP contribution is -2.08. The number of halogens is 3. The fraction of sp³-hybridized carbons (Fsp3) is 0.400. The van der Waals surface area contributed by atoms with Crippen LogP contribution in [-0.4, -0.2) is 11.1 Å². The van der Waals surface area contributed by atoms with Crippen LogP contribution in [0.2, 0.25) is 0 Å². The molecule has 0 aliphatic heterocycles. The average molecular weight is 314 g/mol. The van der Waals surface area contributed by atoms with E-state index in [2.05, 4.69) is 0 Å². The van der Waals surface area contributed by atoms with Crippen LogP contribution in [0.15, 0.2) is 24.3 Å². The molecule has 1 aliphatic carbocycles. The third kappa shape index (κ3) is 3.05. The minimum atomic E-state index is -4.33. The van der Waals surface area contributed by atoms with Crippen molar-refractivity contribution < 1.29 is 23.1 Å². The molecule has 0 saturated heterocycles. The number of carbonyl (C=O) groups is 1. The van der Waals surface area contributed by atoms with Crippen molar-refractivity contribution in [3.05, 3.63) is 34.7 Å². The number of rotatable bonds is 4. The molecule has 0 amide bonds. The number of benzene rings is 1. The van der Waals surface area contributed by atoms with Crippen LogP contribution >= 0.6 is 11.3 Å². The summed E-state index contributed by atoms with van der Waals surface area (Å²) >= 11 is 0.721. The Bertz CT molecular complexity index is 686. The van der Waals surface area contributed by atoms with Gasteiger partial charge < -0.3 is 5.11 Å². The van der Waals surface area contributed by atoms with Crippen LogP contribution in [0.4, 0.5) is 13.2 Å². The number of fused-ring (bicyclic) bond motifs is 1. The first-order valence-corrected chi connectivity index (χ1v) is 7.49. The Hall–Kier alpha value is -1.56. The molecule has 1 aromatic carbocycles. The maximum absolute atomic E-state index is 12.7. The summed E-state index contributed by atoms with van der Waals surface area (Å²) in [4.78, 5) is 10.4. The van der Waals surface area contributed by atoms with E-state index < -0.39 is 17.0 Å². The van der Waals surface area contributed by atoms with Crippen molar-refractivity contribution in [1.29, 1.82) is 0 Å². The summed E-state index contributed by atoms with van der Waals surface area (Å²) in [5.41, 5.74) is 0.832. The van der Waals surface area contributed by atoms with E-state index in [1.54, 1.807) is 18.2 Å². The van der Waals surface area contributed by atoms with E-state index in [0.29, 0.717) is 16.0 Å². The molecule has 1 unspecified atom stereocenters. The van der Waals surface area contributed by atoms with E-state index in [0.717, 1.165) is 35.8 Å². The molecule has 2 nitrogen and oxygen atoms in total. The SMILES string of the molecule is O=C(O)CC(c1ccc2sc(C(F)(F)F)cc2c1)C1CC1. The van der Waals surface area contributed by atoms with Crippen LogP contribution in [0.5, 0.6) is 0 Å². The molecule has 0 bridgehead atoms. The van der Waals surface area contributed by atoms with Crippen LogP contribution in [-0.2, 0) is 11.0 Å². The summed E-state index contributed by atoms with van der Waals surface area (Å²) in [5.74, 6) is -0.617. The minimum absolute atomic E-state index is 0.0342. The van der Waals surface area contributed by atoms with Crippen LogP contribution < -0.4 is 0 Å². The maximum atomic E-state index is 12.7. The second-order valence-corrected chi connectivity index (χ2v) is 6.53. The number of aliphatic carboxylic acids is 1. The van der Waals surface area contributed by atoms with E-state index in [1.165, 1.54) is 0 Å². The highest BCUT2D eigenvalue weighted by atomic mass is 32.1. The third-order valence-electron chi connectivity index (χ3n) is 3.83. The minimum Gasteiger partial charge on any atom is -0.481 e. The molecule has 1 atom stereocenters. The second kappa shape index (κ2) is 5.02. The van der Waals surface area contributed by atoms with Gasteiger partial charge in [0.05, 0.1) is 6.42 Å². The number of carboxylic acids is 1. The molecule has 0 spiro atoms. The zero-order valence-corrected chi connectivity index (χ0v) is 11.8. The summed E-state index contributed by atoms with van der Waals surface area (Å²) < 4.78 is 38.8. The second-order valence-electron chi connectivity index (χ2n) is 5.45. The summed E-state index contributed by atoms with van der Waals surface area (Å²) in [5, 5.41) is 9.54. The molecular formula is C15H13F3O2S. The number of thiophene rings is 1. The molecule has 21 heavy (non-hydrogen) atoms. The molecule has 2 aromatic rings. The zero-order chi connectivity index (χ0) is 15.2. The van der Waals surface area contributed by atoms with Crippen molar-refractivity contribution in [3.8, 4) is 0 Å². The van der Waals surface area contributed by atoms with Gasteiger partial charge in [0.1, 0.15) is 4.88 Å². The van der Waals surface area contributed by atoms with Crippen molar-refractivity contribution in [2.45, 2.75) is 31.4 Å². The van der Waals surface area contributed by atoms with Gasteiger partial charge in [-0.1, -0.05) is 6.07 Å². The molecule has 1 aromatic heterocycles. The summed E-state index contributed by atoms with van der Waals surface area (Å²) in [6, 6.07) is 6.30. The van der Waals surface area contributed by atoms with Gasteiger partial charge in [-0.3, -0.25) is 4.79 Å². The molecule has 1 saturated carbocycles. The molecule has 6 heteroatoms. The highest BCUT2D eigenvalue weighted by Crippen LogP contribution is 2.46. The van der Waals surface area contributed by atoms with E-state index in [1.807, 2.05) is 0 Å². The third-order valence-corrected chi connectivity index (χ3v) is 4.99. The van der Waals surface area contributed by atoms with Crippen molar-refractivity contribution >= 4 is 27.4 Å². The predicted octanol–water partition coefficient (Wildman–Crippen LogP) is 4.89. The van der Waals surface area contributed by atoms with Crippen molar-refractivity contribution in [1.82, 2.24) is 0 Å². The molecule has 0 radical (unpaired) electrons. The molecular weight excluding hydrogens is 301 g/mol. The van der Waals surface area contributed by atoms with Gasteiger partial charge in [0, 0.05) is 4.70 Å². The maximum Gasteiger partial charge on any atom is 0.425 e. The Balaban J connectivity index is 1.97. The lowest BCUT2D eigenvalue weighted by atomic mass is 9.90. The largest absolute Gasteiger partial charge is 0.481 e. The average Bonchev–Trinajstić information content (AvgIpc) is 3.12. The van der Waals surface area contributed by atoms with Gasteiger partial charge in [0.25, 0.3) is 0 Å². The van der Waals surface area contributed by atoms with Crippen molar-refractivity contribution in [2.24, 2.45) is 5.92 Å². The van der Waals surface area contributed by atoms with Crippen LogP contribution in [0.25, 0.3) is 10.1 Å². The van der Waals surface area contributed by atoms with Gasteiger partial charge in [-0.2, -0.15) is 13.2 Å². The van der Waals surface area contributed by atoms with Gasteiger partial charge in [0.15, 0.2) is 0 Å². The zero-order valence-electron chi connectivity index (χ0n) is 11.0. The first-order chi connectivity index (χ1) is 9.84. The Kier molecular flexibility index (Phi) is 3.43. The van der Waals surface area contributed by atoms with E-state index >= 15 is 0 Å². The first kappa shape index (κ1) is 14.4. The number of carboxylic acid groups (broad SMARTS) is 1. The highest BCUT2D eigenvalue weighted by molar-refractivity contribution is 7.19. The number of hydrogen-bond donors (Lipinski definition) is 1. The highest BCUT2D eigenvalue weighted by Gasteiger charge is 2.35. The number of hydrogen-bond acceptors (Lipinski definition) is 2. The molecule has 1 aliphatic rings. The smallest absolute Gasteiger partial charge is 0.425 e. The van der Waals surface area contributed by atoms with Gasteiger partial charge in [-0.25, -0.2) is 0 Å². The molecule has 1 N–H and O–H groups in total. The Labute approximate surface area is 123 Å². The Morgan fingerprint density at radius 2 is 2.05 bits per heavy atom. The number of alkyl halides is 3. The lowest BCUT2D eigenvalue weighted by molar-refractivity contribution is -0.137. The summed E-state index contributed by atoms with van der Waals surface area (Å²) in [7, 11) is 0. The van der Waals surface area contributed by atoms with Crippen molar-refractivity contribution in [3.63, 3.8) is 0 Å². The van der Waals surface area contributed by atoms with Crippen molar-refractivity contribution in [2.75, 3.05) is 0 Å². The lowest BCUT2D eigenvalue weighted by Gasteiger charge is -2.14. The van der Waals surface area contributed by atoms with E-state index in [-0.39, 0.29) is 12.3 Å². The fourth-order valence-electron chi connectivity index (χ4n) is 2.68. The monoisotopic (exact) mass is 314 g/mol. The van der Waals surface area contributed by atoms with Gasteiger partial charge >= 0.3 is 12.1 Å². The Morgan fingerprint density at radius 1 is 1.33 bits per heavy atom. The van der Waals surface area contributed by atoms with Crippen LogP contribution in [0, 0.1) is 5.92 Å². The summed E-state index contributed by atoms with van der Waals surface area (Å²) in [6.45, 7) is 0. The summed E-state index contributed by atoms with van der Waals surface area (Å²) in [6.07, 6.45) is -2.31. The molecule has 1 heterocycles. The standard InChI is InChI=1S/C15H13F3O2S/c16-15(17,18)13-6-10-5-9(3-4-12(10)21-13)11(7-14(19)20)8-1-2-8/h3-6,8,11H,1-2,7H2,(H,19,20). The van der Waals surface area contributed by atoms with Gasteiger partial charge in [-0.15, -0.1) is 11.3 Å². The van der Waals surface area contributed by atoms with Crippen LogP contribution in [0.1, 0.15) is 35.6 Å². The molecule has 3 rings (SSSR count). The van der Waals surface area contributed by atoms with E-state index in [4.69, 9.17) is 5.11 Å². The fourth-order valence-corrected chi connectivity index (χ4v) is 3.59. The van der Waals surface area contributed by atoms with Gasteiger partial charge in [0.2, 0.25) is 0 Å².